The molecule has 2 nitrogen and oxygen atoms in total. The number of halogens is 2. The highest BCUT2D eigenvalue weighted by atomic mass is 19.1. The van der Waals surface area contributed by atoms with Crippen LogP contribution in [-0.4, -0.2) is 12.4 Å². The summed E-state index contributed by atoms with van der Waals surface area (Å²) in [5.74, 6) is -1.08. The molecule has 0 unspecified atom stereocenters. The highest BCUT2D eigenvalue weighted by molar-refractivity contribution is 5.97. The van der Waals surface area contributed by atoms with Gasteiger partial charge >= 0.3 is 0 Å². The lowest BCUT2D eigenvalue weighted by molar-refractivity contribution is 0.0917. The molecule has 0 saturated carbocycles. The van der Waals surface area contributed by atoms with Crippen molar-refractivity contribution in [3.63, 3.8) is 0 Å². The van der Waals surface area contributed by atoms with Gasteiger partial charge in [0.1, 0.15) is 17.4 Å². The van der Waals surface area contributed by atoms with E-state index in [-0.39, 0.29) is 12.2 Å². The Morgan fingerprint density at radius 2 is 1.76 bits per heavy atom. The number of rotatable bonds is 5. The Morgan fingerprint density at radius 1 is 1.10 bits per heavy atom. The molecule has 21 heavy (non-hydrogen) atoms. The molecule has 0 aromatic heterocycles. The lowest BCUT2D eigenvalue weighted by Crippen LogP contribution is -2.13. The van der Waals surface area contributed by atoms with Crippen LogP contribution in [-0.2, 0) is 0 Å². The van der Waals surface area contributed by atoms with Crippen molar-refractivity contribution >= 4 is 5.78 Å². The van der Waals surface area contributed by atoms with Crippen molar-refractivity contribution in [2.75, 3.05) is 6.61 Å². The molecule has 2 aromatic rings. The molecular formula is C17H16F2O2. The first-order valence-electron chi connectivity index (χ1n) is 6.68. The quantitative estimate of drug-likeness (QED) is 0.765. The van der Waals surface area contributed by atoms with Gasteiger partial charge in [-0.15, -0.1) is 0 Å². The predicted molar refractivity (Wildman–Crippen MR) is 76.7 cm³/mol. The zero-order valence-corrected chi connectivity index (χ0v) is 11.9. The summed E-state index contributed by atoms with van der Waals surface area (Å²) in [4.78, 5) is 11.8. The van der Waals surface area contributed by atoms with Crippen LogP contribution in [0, 0.1) is 11.6 Å². The summed E-state index contributed by atoms with van der Waals surface area (Å²) in [5, 5.41) is 0. The first-order chi connectivity index (χ1) is 9.97. The monoisotopic (exact) mass is 290 g/mol. The van der Waals surface area contributed by atoms with Gasteiger partial charge in [0.05, 0.1) is 5.56 Å². The molecule has 0 bridgehead atoms. The number of ether oxygens (including phenoxy) is 1. The van der Waals surface area contributed by atoms with Crippen molar-refractivity contribution < 1.29 is 18.3 Å². The fourth-order valence-corrected chi connectivity index (χ4v) is 1.89. The second kappa shape index (κ2) is 6.48. The van der Waals surface area contributed by atoms with Crippen LogP contribution < -0.4 is 4.74 Å². The topological polar surface area (TPSA) is 26.3 Å². The molecular weight excluding hydrogens is 274 g/mol. The first-order valence-corrected chi connectivity index (χ1v) is 6.68. The summed E-state index contributed by atoms with van der Waals surface area (Å²) in [5.41, 5.74) is 0.860. The van der Waals surface area contributed by atoms with Crippen molar-refractivity contribution in [3.8, 4) is 5.75 Å². The van der Waals surface area contributed by atoms with E-state index in [1.807, 2.05) is 12.1 Å². The lowest BCUT2D eigenvalue weighted by atomic mass is 10.0. The van der Waals surface area contributed by atoms with E-state index in [2.05, 4.69) is 13.8 Å². The third-order valence-corrected chi connectivity index (χ3v) is 3.15. The van der Waals surface area contributed by atoms with Crippen molar-refractivity contribution in [3.05, 3.63) is 65.2 Å². The zero-order valence-electron chi connectivity index (χ0n) is 11.9. The van der Waals surface area contributed by atoms with Gasteiger partial charge in [-0.3, -0.25) is 4.79 Å². The largest absolute Gasteiger partial charge is 0.485 e. The van der Waals surface area contributed by atoms with Crippen LogP contribution in [0.5, 0.6) is 5.75 Å². The number of hydrogen-bond acceptors (Lipinski definition) is 2. The highest BCUT2D eigenvalue weighted by Gasteiger charge is 2.13. The molecule has 0 aliphatic rings. The van der Waals surface area contributed by atoms with Gasteiger partial charge in [0.2, 0.25) is 5.78 Å². The number of carbonyl (C=O) groups is 1. The third-order valence-electron chi connectivity index (χ3n) is 3.15. The minimum Gasteiger partial charge on any atom is -0.485 e. The highest BCUT2D eigenvalue weighted by Crippen LogP contribution is 2.19. The van der Waals surface area contributed by atoms with Crippen molar-refractivity contribution in [2.24, 2.45) is 0 Å². The van der Waals surface area contributed by atoms with Crippen LogP contribution in [0.3, 0.4) is 0 Å². The van der Waals surface area contributed by atoms with E-state index in [9.17, 15) is 13.6 Å². The van der Waals surface area contributed by atoms with Gasteiger partial charge in [-0.25, -0.2) is 8.78 Å². The Morgan fingerprint density at radius 3 is 2.38 bits per heavy atom. The summed E-state index contributed by atoms with van der Waals surface area (Å²) in [6.45, 7) is 3.82. The third kappa shape index (κ3) is 3.88. The Balaban J connectivity index is 2.02. The van der Waals surface area contributed by atoms with Crippen LogP contribution in [0.4, 0.5) is 8.78 Å². The van der Waals surface area contributed by atoms with Crippen molar-refractivity contribution in [1.82, 2.24) is 0 Å². The minimum absolute atomic E-state index is 0.297. The van der Waals surface area contributed by atoms with E-state index < -0.39 is 17.4 Å². The number of Topliss-reactive ketones (excluding diaryl/α,β-unsaturated/α-hetero) is 1. The molecule has 0 fully saturated rings. The molecule has 0 aliphatic carbocycles. The SMILES string of the molecule is CC(C)c1ccc(OCC(=O)c2cc(F)ccc2F)cc1. The summed E-state index contributed by atoms with van der Waals surface area (Å²) in [7, 11) is 0. The average Bonchev–Trinajstić information content (AvgIpc) is 2.47. The summed E-state index contributed by atoms with van der Waals surface area (Å²) in [6.07, 6.45) is 0. The Kier molecular flexibility index (Phi) is 4.68. The fourth-order valence-electron chi connectivity index (χ4n) is 1.89. The predicted octanol–water partition coefficient (Wildman–Crippen LogP) is 4.35. The van der Waals surface area contributed by atoms with Gasteiger partial charge in [-0.1, -0.05) is 26.0 Å². The number of carbonyl (C=O) groups excluding carboxylic acids is 1. The second-order valence-electron chi connectivity index (χ2n) is 5.06. The van der Waals surface area contributed by atoms with Gasteiger partial charge in [-0.2, -0.15) is 0 Å². The molecule has 0 amide bonds. The molecule has 0 radical (unpaired) electrons. The van der Waals surface area contributed by atoms with E-state index >= 15 is 0 Å². The van der Waals surface area contributed by atoms with Crippen LogP contribution in [0.2, 0.25) is 0 Å². The smallest absolute Gasteiger partial charge is 0.203 e. The van der Waals surface area contributed by atoms with E-state index in [0.717, 1.165) is 23.8 Å². The molecule has 110 valence electrons. The molecule has 0 saturated heterocycles. The second-order valence-corrected chi connectivity index (χ2v) is 5.06. The Hall–Kier alpha value is -2.23. The van der Waals surface area contributed by atoms with Gasteiger partial charge in [0.15, 0.2) is 6.61 Å². The molecule has 0 N–H and O–H groups in total. The van der Waals surface area contributed by atoms with Gasteiger partial charge in [0.25, 0.3) is 0 Å². The zero-order chi connectivity index (χ0) is 15.4. The summed E-state index contributed by atoms with van der Waals surface area (Å²) in [6, 6.07) is 10.1. The maximum Gasteiger partial charge on any atom is 0.203 e. The maximum absolute atomic E-state index is 13.4. The van der Waals surface area contributed by atoms with Crippen molar-refractivity contribution in [1.29, 1.82) is 0 Å². The van der Waals surface area contributed by atoms with E-state index in [1.165, 1.54) is 0 Å². The molecule has 2 aromatic carbocycles. The number of benzene rings is 2. The average molecular weight is 290 g/mol. The molecule has 0 aliphatic heterocycles. The van der Waals surface area contributed by atoms with E-state index in [1.54, 1.807) is 12.1 Å². The molecule has 0 atom stereocenters. The molecule has 4 heteroatoms. The Bertz CT molecular complexity index is 634. The van der Waals surface area contributed by atoms with Crippen LogP contribution in [0.25, 0.3) is 0 Å². The van der Waals surface area contributed by atoms with Crippen LogP contribution >= 0.6 is 0 Å². The van der Waals surface area contributed by atoms with Crippen molar-refractivity contribution in [2.45, 2.75) is 19.8 Å². The number of hydrogen-bond donors (Lipinski definition) is 0. The maximum atomic E-state index is 13.4. The first kappa shape index (κ1) is 15.2. The normalized spacial score (nSPS) is 10.7. The molecule has 0 spiro atoms. The van der Waals surface area contributed by atoms with Gasteiger partial charge < -0.3 is 4.74 Å². The van der Waals surface area contributed by atoms with Gasteiger partial charge in [-0.05, 0) is 41.8 Å². The fraction of sp³-hybridized carbons (Fsp3) is 0.235. The lowest BCUT2D eigenvalue weighted by Gasteiger charge is -2.09. The molecule has 0 heterocycles. The molecule has 2 rings (SSSR count). The van der Waals surface area contributed by atoms with E-state index in [4.69, 9.17) is 4.74 Å². The van der Waals surface area contributed by atoms with Gasteiger partial charge in [0, 0.05) is 0 Å². The number of ketones is 1. The standard InChI is InChI=1S/C17H16F2O2/c1-11(2)12-3-6-14(7-4-12)21-10-17(20)15-9-13(18)5-8-16(15)19/h3-9,11H,10H2,1-2H3. The minimum atomic E-state index is -0.750. The summed E-state index contributed by atoms with van der Waals surface area (Å²) < 4.78 is 31.8. The van der Waals surface area contributed by atoms with Crippen LogP contribution in [0.15, 0.2) is 42.5 Å². The van der Waals surface area contributed by atoms with Crippen LogP contribution in [0.1, 0.15) is 35.7 Å². The summed E-state index contributed by atoms with van der Waals surface area (Å²) >= 11 is 0. The Labute approximate surface area is 122 Å². The van der Waals surface area contributed by atoms with E-state index in [0.29, 0.717) is 11.7 Å².